The second-order valence-corrected chi connectivity index (χ2v) is 7.33. The normalized spacial score (nSPS) is 17.6. The number of fused-ring (bicyclic) bond motifs is 1. The Bertz CT molecular complexity index is 699. The third-order valence-corrected chi connectivity index (χ3v) is 5.05. The smallest absolute Gasteiger partial charge is 0.318 e. The molecule has 2 amide bonds. The monoisotopic (exact) mass is 330 g/mol. The number of nitrogens with zero attached hydrogens (tertiary/aromatic N) is 3. The molecule has 0 radical (unpaired) electrons. The number of amides is 2. The van der Waals surface area contributed by atoms with E-state index in [4.69, 9.17) is 0 Å². The van der Waals surface area contributed by atoms with Gasteiger partial charge in [0.15, 0.2) is 0 Å². The van der Waals surface area contributed by atoms with Crippen LogP contribution in [-0.4, -0.2) is 35.5 Å². The van der Waals surface area contributed by atoms with E-state index in [1.807, 2.05) is 30.2 Å². The van der Waals surface area contributed by atoms with Gasteiger partial charge < -0.3 is 15.1 Å². The number of thiazole rings is 1. The van der Waals surface area contributed by atoms with Crippen molar-refractivity contribution in [1.29, 1.82) is 0 Å². The molecule has 1 aliphatic rings. The highest BCUT2D eigenvalue weighted by Gasteiger charge is 2.26. The fourth-order valence-corrected chi connectivity index (χ4v) is 3.68. The van der Waals surface area contributed by atoms with Gasteiger partial charge >= 0.3 is 6.03 Å². The largest absolute Gasteiger partial charge is 0.372 e. The SMILES string of the molecule is Cc1cnc(CNC(=O)N2Cc3ccccc3N(C)CC2C)s1. The maximum Gasteiger partial charge on any atom is 0.318 e. The van der Waals surface area contributed by atoms with Gasteiger partial charge in [0, 0.05) is 42.9 Å². The molecule has 1 aliphatic heterocycles. The minimum absolute atomic E-state index is 0.0320. The average molecular weight is 330 g/mol. The molecule has 6 heteroatoms. The van der Waals surface area contributed by atoms with Crippen molar-refractivity contribution in [3.63, 3.8) is 0 Å². The lowest BCUT2D eigenvalue weighted by Gasteiger charge is -2.28. The lowest BCUT2D eigenvalue weighted by atomic mass is 10.1. The Hall–Kier alpha value is -2.08. The van der Waals surface area contributed by atoms with E-state index >= 15 is 0 Å². The molecular formula is C17H22N4OS. The summed E-state index contributed by atoms with van der Waals surface area (Å²) >= 11 is 1.62. The van der Waals surface area contributed by atoms with Crippen LogP contribution in [0.2, 0.25) is 0 Å². The van der Waals surface area contributed by atoms with E-state index in [1.54, 1.807) is 11.3 Å². The number of hydrogen-bond donors (Lipinski definition) is 1. The number of carbonyl (C=O) groups is 1. The number of aromatic nitrogens is 1. The molecule has 1 aromatic heterocycles. The van der Waals surface area contributed by atoms with Crippen molar-refractivity contribution >= 4 is 23.1 Å². The van der Waals surface area contributed by atoms with E-state index in [0.29, 0.717) is 13.1 Å². The van der Waals surface area contributed by atoms with Gasteiger partial charge in [-0.2, -0.15) is 0 Å². The lowest BCUT2D eigenvalue weighted by Crippen LogP contribution is -2.46. The van der Waals surface area contributed by atoms with Crippen molar-refractivity contribution < 1.29 is 4.79 Å². The van der Waals surface area contributed by atoms with Gasteiger partial charge in [0.25, 0.3) is 0 Å². The predicted molar refractivity (Wildman–Crippen MR) is 93.8 cm³/mol. The van der Waals surface area contributed by atoms with Gasteiger partial charge in [-0.25, -0.2) is 9.78 Å². The first-order valence-corrected chi connectivity index (χ1v) is 8.61. The average Bonchev–Trinajstić information content (AvgIpc) is 2.90. The Kier molecular flexibility index (Phi) is 4.52. The molecular weight excluding hydrogens is 308 g/mol. The van der Waals surface area contributed by atoms with Crippen molar-refractivity contribution in [3.05, 3.63) is 45.9 Å². The molecule has 1 N–H and O–H groups in total. The number of benzene rings is 1. The summed E-state index contributed by atoms with van der Waals surface area (Å²) in [6.45, 7) is 6.05. The van der Waals surface area contributed by atoms with Gasteiger partial charge in [0.05, 0.1) is 6.54 Å². The molecule has 3 rings (SSSR count). The molecule has 5 nitrogen and oxygen atoms in total. The van der Waals surface area contributed by atoms with E-state index in [2.05, 4.69) is 41.3 Å². The van der Waals surface area contributed by atoms with Gasteiger partial charge in [0.1, 0.15) is 5.01 Å². The quantitative estimate of drug-likeness (QED) is 0.921. The van der Waals surface area contributed by atoms with E-state index < -0.39 is 0 Å². The number of urea groups is 1. The van der Waals surface area contributed by atoms with Gasteiger partial charge in [-0.15, -0.1) is 11.3 Å². The Morgan fingerprint density at radius 2 is 2.22 bits per heavy atom. The first kappa shape index (κ1) is 15.8. The minimum Gasteiger partial charge on any atom is -0.372 e. The molecule has 23 heavy (non-hydrogen) atoms. The summed E-state index contributed by atoms with van der Waals surface area (Å²) < 4.78 is 0. The number of carbonyl (C=O) groups excluding carboxylic acids is 1. The molecule has 1 unspecified atom stereocenters. The molecule has 2 aromatic rings. The standard InChI is InChI=1S/C17H22N4OS/c1-12-10-20(3)15-7-5-4-6-14(15)11-21(12)17(22)19-9-16-18-8-13(2)23-16/h4-8,12H,9-11H2,1-3H3,(H,19,22). The molecule has 1 aromatic carbocycles. The van der Waals surface area contributed by atoms with Crippen LogP contribution in [0, 0.1) is 6.92 Å². The van der Waals surface area contributed by atoms with Crippen LogP contribution >= 0.6 is 11.3 Å². The topological polar surface area (TPSA) is 48.5 Å². The minimum atomic E-state index is -0.0320. The second-order valence-electron chi connectivity index (χ2n) is 6.01. The first-order chi connectivity index (χ1) is 11.0. The van der Waals surface area contributed by atoms with Crippen molar-refractivity contribution in [2.24, 2.45) is 0 Å². The van der Waals surface area contributed by atoms with Crippen LogP contribution in [0.1, 0.15) is 22.4 Å². The highest BCUT2D eigenvalue weighted by atomic mass is 32.1. The molecule has 0 saturated heterocycles. The fourth-order valence-electron chi connectivity index (χ4n) is 2.96. The van der Waals surface area contributed by atoms with Crippen LogP contribution in [0.3, 0.4) is 0 Å². The van der Waals surface area contributed by atoms with Crippen LogP contribution in [0.15, 0.2) is 30.5 Å². The molecule has 0 fully saturated rings. The Morgan fingerprint density at radius 1 is 1.43 bits per heavy atom. The third-order valence-electron chi connectivity index (χ3n) is 4.13. The van der Waals surface area contributed by atoms with E-state index in [1.165, 1.54) is 11.3 Å². The van der Waals surface area contributed by atoms with Crippen molar-refractivity contribution in [1.82, 2.24) is 15.2 Å². The van der Waals surface area contributed by atoms with Crippen LogP contribution in [-0.2, 0) is 13.1 Å². The van der Waals surface area contributed by atoms with E-state index in [9.17, 15) is 4.79 Å². The van der Waals surface area contributed by atoms with Gasteiger partial charge in [-0.05, 0) is 25.5 Å². The van der Waals surface area contributed by atoms with Crippen LogP contribution in [0.5, 0.6) is 0 Å². The summed E-state index contributed by atoms with van der Waals surface area (Å²) in [5.41, 5.74) is 2.38. The van der Waals surface area contributed by atoms with Crippen molar-refractivity contribution in [2.45, 2.75) is 33.0 Å². The van der Waals surface area contributed by atoms with Crippen LogP contribution in [0.4, 0.5) is 10.5 Å². The summed E-state index contributed by atoms with van der Waals surface area (Å²) in [5, 5.41) is 3.94. The molecule has 0 aliphatic carbocycles. The zero-order valence-electron chi connectivity index (χ0n) is 13.7. The van der Waals surface area contributed by atoms with E-state index in [-0.39, 0.29) is 12.1 Å². The van der Waals surface area contributed by atoms with E-state index in [0.717, 1.165) is 16.4 Å². The molecule has 0 saturated carbocycles. The lowest BCUT2D eigenvalue weighted by molar-refractivity contribution is 0.178. The Labute approximate surface area is 140 Å². The zero-order chi connectivity index (χ0) is 16.4. The van der Waals surface area contributed by atoms with Crippen LogP contribution in [0.25, 0.3) is 0 Å². The van der Waals surface area contributed by atoms with Gasteiger partial charge in [0.2, 0.25) is 0 Å². The van der Waals surface area contributed by atoms with Crippen molar-refractivity contribution in [2.75, 3.05) is 18.5 Å². The zero-order valence-corrected chi connectivity index (χ0v) is 14.6. The predicted octanol–water partition coefficient (Wildman–Crippen LogP) is 3.00. The van der Waals surface area contributed by atoms with Crippen molar-refractivity contribution in [3.8, 4) is 0 Å². The molecule has 0 spiro atoms. The molecule has 1 atom stereocenters. The van der Waals surface area contributed by atoms with Gasteiger partial charge in [-0.1, -0.05) is 18.2 Å². The number of hydrogen-bond acceptors (Lipinski definition) is 4. The number of likely N-dealkylation sites (N-methyl/N-ethyl adjacent to an activating group) is 1. The summed E-state index contributed by atoms with van der Waals surface area (Å²) in [5.74, 6) is 0. The highest BCUT2D eigenvalue weighted by molar-refractivity contribution is 7.11. The number of anilines is 1. The number of aryl methyl sites for hydroxylation is 1. The number of para-hydroxylation sites is 1. The maximum absolute atomic E-state index is 12.6. The number of nitrogens with one attached hydrogen (secondary N) is 1. The van der Waals surface area contributed by atoms with Gasteiger partial charge in [-0.3, -0.25) is 0 Å². The molecule has 122 valence electrons. The Morgan fingerprint density at radius 3 is 2.96 bits per heavy atom. The summed E-state index contributed by atoms with van der Waals surface area (Å²) in [7, 11) is 2.08. The first-order valence-electron chi connectivity index (χ1n) is 7.79. The summed E-state index contributed by atoms with van der Waals surface area (Å²) in [4.78, 5) is 22.2. The molecule has 2 heterocycles. The summed E-state index contributed by atoms with van der Waals surface area (Å²) in [6.07, 6.45) is 1.84. The Balaban J connectivity index is 1.72. The summed E-state index contributed by atoms with van der Waals surface area (Å²) in [6, 6.07) is 8.38. The second kappa shape index (κ2) is 6.58. The highest BCUT2D eigenvalue weighted by Crippen LogP contribution is 2.26. The molecule has 0 bridgehead atoms. The fraction of sp³-hybridized carbons (Fsp3) is 0.412. The number of rotatable bonds is 2. The maximum atomic E-state index is 12.6. The third kappa shape index (κ3) is 3.47. The van der Waals surface area contributed by atoms with Crippen LogP contribution < -0.4 is 10.2 Å².